The maximum Gasteiger partial charge on any atom is 0.417 e. The van der Waals surface area contributed by atoms with Gasteiger partial charge in [-0.3, -0.25) is 4.98 Å². The van der Waals surface area contributed by atoms with Gasteiger partial charge in [-0.15, -0.1) is 5.10 Å². The van der Waals surface area contributed by atoms with Crippen molar-refractivity contribution in [3.8, 4) is 0 Å². The number of nitrogens with zero attached hydrogens (tertiary/aromatic N) is 5. The van der Waals surface area contributed by atoms with Crippen molar-refractivity contribution in [2.24, 2.45) is 5.92 Å². The topological polar surface area (TPSA) is 68.5 Å². The third-order valence-corrected chi connectivity index (χ3v) is 6.38. The Morgan fingerprint density at radius 3 is 2.55 bits per heavy atom. The van der Waals surface area contributed by atoms with Crippen LogP contribution in [0.4, 0.5) is 22.0 Å². The molecule has 2 unspecified atom stereocenters. The molecule has 2 aromatic rings. The monoisotopic (exact) mass is 474 g/mol. The van der Waals surface area contributed by atoms with Gasteiger partial charge in [-0.05, 0) is 53.8 Å². The summed E-state index contributed by atoms with van der Waals surface area (Å²) in [4.78, 5) is 3.80. The fourth-order valence-electron chi connectivity index (χ4n) is 4.28. The van der Waals surface area contributed by atoms with Gasteiger partial charge < -0.3 is 5.32 Å². The van der Waals surface area contributed by atoms with Crippen LogP contribution in [-0.2, 0) is 6.18 Å². The number of hydrogen-bond acceptors (Lipinski definition) is 5. The van der Waals surface area contributed by atoms with Crippen molar-refractivity contribution in [2.75, 3.05) is 6.54 Å². The van der Waals surface area contributed by atoms with E-state index in [0.717, 1.165) is 37.9 Å². The van der Waals surface area contributed by atoms with E-state index in [9.17, 15) is 22.0 Å². The predicted molar refractivity (Wildman–Crippen MR) is 113 cm³/mol. The summed E-state index contributed by atoms with van der Waals surface area (Å²) in [6.07, 6.45) is 1.51. The largest absolute Gasteiger partial charge is 0.417 e. The van der Waals surface area contributed by atoms with Gasteiger partial charge in [-0.1, -0.05) is 33.1 Å². The molecule has 1 N–H and O–H groups in total. The highest BCUT2D eigenvalue weighted by Crippen LogP contribution is 2.39. The molecule has 0 aromatic carbocycles. The maximum absolute atomic E-state index is 13.7. The summed E-state index contributed by atoms with van der Waals surface area (Å²) >= 11 is 0. The summed E-state index contributed by atoms with van der Waals surface area (Å²) in [7, 11) is 0. The van der Waals surface area contributed by atoms with Crippen LogP contribution in [0, 0.1) is 5.92 Å². The van der Waals surface area contributed by atoms with Crippen molar-refractivity contribution in [3.05, 3.63) is 35.4 Å². The van der Waals surface area contributed by atoms with Crippen molar-refractivity contribution in [1.82, 2.24) is 30.5 Å². The molecule has 11 heteroatoms. The molecule has 1 saturated carbocycles. The van der Waals surface area contributed by atoms with Crippen LogP contribution < -0.4 is 5.32 Å². The van der Waals surface area contributed by atoms with E-state index in [0.29, 0.717) is 18.3 Å². The number of alkyl halides is 5. The van der Waals surface area contributed by atoms with Gasteiger partial charge in [0.1, 0.15) is 0 Å². The minimum absolute atomic E-state index is 0.201. The highest BCUT2D eigenvalue weighted by Gasteiger charge is 2.38. The van der Waals surface area contributed by atoms with Crippen LogP contribution in [0.25, 0.3) is 0 Å². The predicted octanol–water partition coefficient (Wildman–Crippen LogP) is 5.73. The highest BCUT2D eigenvalue weighted by atomic mass is 19.4. The molecule has 0 amide bonds. The molecule has 0 bridgehead atoms. The third kappa shape index (κ3) is 6.68. The molecule has 2 atom stereocenters. The first-order valence-electron chi connectivity index (χ1n) is 11.6. The van der Waals surface area contributed by atoms with Crippen LogP contribution in [0.1, 0.15) is 94.2 Å². The number of unbranched alkanes of at least 4 members (excludes halogenated alkanes) is 1. The fourth-order valence-corrected chi connectivity index (χ4v) is 4.28. The molecular weight excluding hydrogens is 443 g/mol. The molecule has 1 aliphatic rings. The van der Waals surface area contributed by atoms with Crippen LogP contribution in [0.2, 0.25) is 0 Å². The summed E-state index contributed by atoms with van der Waals surface area (Å²) < 4.78 is 68.9. The summed E-state index contributed by atoms with van der Waals surface area (Å²) in [6.45, 7) is 4.75. The second kappa shape index (κ2) is 10.8. The summed E-state index contributed by atoms with van der Waals surface area (Å²) in [5.74, 6) is -2.05. The van der Waals surface area contributed by atoms with Crippen molar-refractivity contribution in [2.45, 2.75) is 89.4 Å². The standard InChI is InChI=1S/C22H31F5N6/c1-3-5-6-15(4-2)12-29-19(16-11-17(14-28-13-16)22(25,26)27)20-30-31-32-33(20)18-7-9-21(23,24)10-8-18/h11,13-15,18-19,29H,3-10,12H2,1-2H3. The average molecular weight is 475 g/mol. The molecule has 1 fully saturated rings. The zero-order valence-electron chi connectivity index (χ0n) is 19.0. The minimum atomic E-state index is -4.54. The van der Waals surface area contributed by atoms with Crippen LogP contribution in [0.5, 0.6) is 0 Å². The Labute approximate surface area is 190 Å². The average Bonchev–Trinajstić information content (AvgIpc) is 3.25. The molecule has 2 aromatic heterocycles. The highest BCUT2D eigenvalue weighted by molar-refractivity contribution is 5.27. The zero-order chi connectivity index (χ0) is 24.1. The first-order valence-corrected chi connectivity index (χ1v) is 11.6. The van der Waals surface area contributed by atoms with Gasteiger partial charge in [0, 0.05) is 25.2 Å². The molecule has 0 saturated heterocycles. The molecule has 0 aliphatic heterocycles. The van der Waals surface area contributed by atoms with Crippen LogP contribution >= 0.6 is 0 Å². The van der Waals surface area contributed by atoms with E-state index in [1.165, 1.54) is 10.9 Å². The molecule has 3 rings (SSSR count). The van der Waals surface area contributed by atoms with E-state index in [1.54, 1.807) is 0 Å². The fraction of sp³-hybridized carbons (Fsp3) is 0.727. The van der Waals surface area contributed by atoms with Crippen molar-refractivity contribution in [3.63, 3.8) is 0 Å². The number of rotatable bonds is 10. The molecule has 1 aliphatic carbocycles. The maximum atomic E-state index is 13.7. The summed E-state index contributed by atoms with van der Waals surface area (Å²) in [5.41, 5.74) is -0.575. The Hall–Kier alpha value is -2.17. The number of pyridine rings is 1. The molecular formula is C22H31F5N6. The summed E-state index contributed by atoms with van der Waals surface area (Å²) in [5, 5.41) is 15.2. The summed E-state index contributed by atoms with van der Waals surface area (Å²) in [6, 6.07) is -0.0289. The van der Waals surface area contributed by atoms with E-state index in [-0.39, 0.29) is 37.3 Å². The zero-order valence-corrected chi connectivity index (χ0v) is 19.0. The molecule has 184 valence electrons. The van der Waals surface area contributed by atoms with Crippen LogP contribution in [-0.4, -0.2) is 37.7 Å². The number of nitrogens with one attached hydrogen (secondary N) is 1. The van der Waals surface area contributed by atoms with Crippen molar-refractivity contribution >= 4 is 0 Å². The number of hydrogen-bond donors (Lipinski definition) is 1. The number of tetrazole rings is 1. The minimum Gasteiger partial charge on any atom is -0.303 e. The third-order valence-electron chi connectivity index (χ3n) is 6.38. The molecule has 6 nitrogen and oxygen atoms in total. The van der Waals surface area contributed by atoms with E-state index in [2.05, 4.69) is 39.7 Å². The normalized spacial score (nSPS) is 18.9. The molecule has 0 spiro atoms. The lowest BCUT2D eigenvalue weighted by molar-refractivity contribution is -0.137. The second-order valence-electron chi connectivity index (χ2n) is 8.83. The van der Waals surface area contributed by atoms with Crippen molar-refractivity contribution in [1.29, 1.82) is 0 Å². The molecule has 33 heavy (non-hydrogen) atoms. The Balaban J connectivity index is 1.91. The Morgan fingerprint density at radius 1 is 1.18 bits per heavy atom. The van der Waals surface area contributed by atoms with E-state index < -0.39 is 23.7 Å². The molecule has 2 heterocycles. The second-order valence-corrected chi connectivity index (χ2v) is 8.83. The van der Waals surface area contributed by atoms with Gasteiger partial charge >= 0.3 is 6.18 Å². The molecule has 0 radical (unpaired) electrons. The first-order chi connectivity index (χ1) is 15.6. The quantitative estimate of drug-likeness (QED) is 0.445. The Morgan fingerprint density at radius 2 is 1.91 bits per heavy atom. The number of halogens is 5. The Bertz CT molecular complexity index is 874. The van der Waals surface area contributed by atoms with Crippen molar-refractivity contribution < 1.29 is 22.0 Å². The van der Waals surface area contributed by atoms with E-state index in [4.69, 9.17) is 0 Å². The smallest absolute Gasteiger partial charge is 0.303 e. The van der Waals surface area contributed by atoms with Gasteiger partial charge in [0.15, 0.2) is 5.82 Å². The lowest BCUT2D eigenvalue weighted by atomic mass is 9.92. The Kier molecular flexibility index (Phi) is 8.36. The van der Waals surface area contributed by atoms with Crippen LogP contribution in [0.3, 0.4) is 0 Å². The van der Waals surface area contributed by atoms with Crippen LogP contribution in [0.15, 0.2) is 18.5 Å². The number of aromatic nitrogens is 5. The van der Waals surface area contributed by atoms with E-state index in [1.807, 2.05) is 0 Å². The SMILES string of the molecule is CCCCC(CC)CNC(c1cncc(C(F)(F)F)c1)c1nnnn1C1CCC(F)(F)CC1. The lowest BCUT2D eigenvalue weighted by Crippen LogP contribution is -2.33. The van der Waals surface area contributed by atoms with Gasteiger partial charge in [0.25, 0.3) is 0 Å². The lowest BCUT2D eigenvalue weighted by Gasteiger charge is -2.30. The van der Waals surface area contributed by atoms with Gasteiger partial charge in [-0.25, -0.2) is 13.5 Å². The van der Waals surface area contributed by atoms with Gasteiger partial charge in [-0.2, -0.15) is 13.2 Å². The van der Waals surface area contributed by atoms with Gasteiger partial charge in [0.2, 0.25) is 5.92 Å². The first kappa shape index (κ1) is 25.5. The van der Waals surface area contributed by atoms with Gasteiger partial charge in [0.05, 0.1) is 17.6 Å². The van der Waals surface area contributed by atoms with E-state index >= 15 is 0 Å².